The Hall–Kier alpha value is -1.22. The van der Waals surface area contributed by atoms with E-state index >= 15 is 0 Å². The zero-order valence-electron chi connectivity index (χ0n) is 11.0. The predicted molar refractivity (Wildman–Crippen MR) is 67.7 cm³/mol. The SMILES string of the molecule is CCC(CC)(C(=O)c1ccccc1F)N(C)C. The molecule has 1 rings (SSSR count). The van der Waals surface area contributed by atoms with Gasteiger partial charge in [0.15, 0.2) is 5.78 Å². The highest BCUT2D eigenvalue weighted by atomic mass is 19.1. The third-order valence-electron chi connectivity index (χ3n) is 3.57. The first kappa shape index (κ1) is 13.8. The van der Waals surface area contributed by atoms with Crippen LogP contribution in [0.25, 0.3) is 0 Å². The Morgan fingerprint density at radius 1 is 1.24 bits per heavy atom. The lowest BCUT2D eigenvalue weighted by Crippen LogP contribution is -2.50. The van der Waals surface area contributed by atoms with E-state index in [2.05, 4.69) is 0 Å². The topological polar surface area (TPSA) is 20.3 Å². The molecule has 0 N–H and O–H groups in total. The van der Waals surface area contributed by atoms with Crippen LogP contribution < -0.4 is 0 Å². The van der Waals surface area contributed by atoms with Crippen LogP contribution in [0.5, 0.6) is 0 Å². The van der Waals surface area contributed by atoms with Gasteiger partial charge in [0.2, 0.25) is 0 Å². The normalized spacial score (nSPS) is 11.9. The highest BCUT2D eigenvalue weighted by molar-refractivity contribution is 6.03. The van der Waals surface area contributed by atoms with Crippen LogP contribution >= 0.6 is 0 Å². The maximum Gasteiger partial charge on any atom is 0.185 e. The lowest BCUT2D eigenvalue weighted by Gasteiger charge is -2.37. The van der Waals surface area contributed by atoms with E-state index in [1.54, 1.807) is 18.2 Å². The van der Waals surface area contributed by atoms with E-state index in [1.807, 2.05) is 32.8 Å². The fourth-order valence-corrected chi connectivity index (χ4v) is 2.30. The molecule has 17 heavy (non-hydrogen) atoms. The van der Waals surface area contributed by atoms with Crippen molar-refractivity contribution in [2.24, 2.45) is 0 Å². The minimum atomic E-state index is -0.609. The molecule has 2 nitrogen and oxygen atoms in total. The van der Waals surface area contributed by atoms with Crippen molar-refractivity contribution in [3.8, 4) is 0 Å². The van der Waals surface area contributed by atoms with Crippen LogP contribution in [-0.4, -0.2) is 30.3 Å². The van der Waals surface area contributed by atoms with Crippen LogP contribution in [0.3, 0.4) is 0 Å². The Kier molecular flexibility index (Phi) is 4.40. The van der Waals surface area contributed by atoms with Crippen LogP contribution in [0, 0.1) is 5.82 Å². The number of carbonyl (C=O) groups is 1. The quantitative estimate of drug-likeness (QED) is 0.733. The van der Waals surface area contributed by atoms with Gasteiger partial charge in [0.25, 0.3) is 0 Å². The van der Waals surface area contributed by atoms with Gasteiger partial charge in [0, 0.05) is 0 Å². The molecule has 0 aromatic heterocycles. The summed E-state index contributed by atoms with van der Waals surface area (Å²) >= 11 is 0. The molecule has 0 aliphatic carbocycles. The summed E-state index contributed by atoms with van der Waals surface area (Å²) in [5, 5.41) is 0. The number of halogens is 1. The number of likely N-dealkylation sites (N-methyl/N-ethyl adjacent to an activating group) is 1. The fourth-order valence-electron chi connectivity index (χ4n) is 2.30. The van der Waals surface area contributed by atoms with Crippen molar-refractivity contribution < 1.29 is 9.18 Å². The zero-order valence-corrected chi connectivity index (χ0v) is 11.0. The van der Waals surface area contributed by atoms with Crippen LogP contribution in [0.1, 0.15) is 37.0 Å². The van der Waals surface area contributed by atoms with Crippen molar-refractivity contribution in [3.63, 3.8) is 0 Å². The lowest BCUT2D eigenvalue weighted by molar-refractivity contribution is 0.0651. The van der Waals surface area contributed by atoms with Gasteiger partial charge in [-0.1, -0.05) is 26.0 Å². The number of Topliss-reactive ketones (excluding diaryl/α,β-unsaturated/α-hetero) is 1. The molecule has 0 aliphatic heterocycles. The van der Waals surface area contributed by atoms with Crippen molar-refractivity contribution in [1.29, 1.82) is 0 Å². The molecule has 0 aliphatic rings. The van der Waals surface area contributed by atoms with Gasteiger partial charge in [0.1, 0.15) is 5.82 Å². The smallest absolute Gasteiger partial charge is 0.185 e. The first-order valence-corrected chi connectivity index (χ1v) is 5.96. The fraction of sp³-hybridized carbons (Fsp3) is 0.500. The molecule has 0 saturated heterocycles. The maximum atomic E-state index is 13.7. The first-order valence-electron chi connectivity index (χ1n) is 5.96. The van der Waals surface area contributed by atoms with Gasteiger partial charge >= 0.3 is 0 Å². The van der Waals surface area contributed by atoms with Crippen molar-refractivity contribution in [2.45, 2.75) is 32.2 Å². The molecule has 0 fully saturated rings. The van der Waals surface area contributed by atoms with Gasteiger partial charge in [-0.3, -0.25) is 9.69 Å². The third-order valence-corrected chi connectivity index (χ3v) is 3.57. The molecule has 94 valence electrons. The van der Waals surface area contributed by atoms with Crippen molar-refractivity contribution in [2.75, 3.05) is 14.1 Å². The average Bonchev–Trinajstić information content (AvgIpc) is 2.31. The van der Waals surface area contributed by atoms with Gasteiger partial charge in [-0.2, -0.15) is 0 Å². The second kappa shape index (κ2) is 5.41. The van der Waals surface area contributed by atoms with E-state index in [-0.39, 0.29) is 11.3 Å². The zero-order chi connectivity index (χ0) is 13.1. The first-order chi connectivity index (χ1) is 7.99. The summed E-state index contributed by atoms with van der Waals surface area (Å²) in [5.74, 6) is -0.573. The molecule has 0 bridgehead atoms. The predicted octanol–water partition coefficient (Wildman–Crippen LogP) is 3.13. The number of rotatable bonds is 5. The Morgan fingerprint density at radius 2 is 1.76 bits per heavy atom. The Morgan fingerprint density at radius 3 is 2.18 bits per heavy atom. The second-order valence-corrected chi connectivity index (χ2v) is 4.44. The number of nitrogens with zero attached hydrogens (tertiary/aromatic N) is 1. The van der Waals surface area contributed by atoms with Gasteiger partial charge in [-0.05, 0) is 39.1 Å². The van der Waals surface area contributed by atoms with E-state index in [9.17, 15) is 9.18 Å². The molecule has 1 aromatic rings. The van der Waals surface area contributed by atoms with Crippen molar-refractivity contribution in [1.82, 2.24) is 4.90 Å². The highest BCUT2D eigenvalue weighted by Crippen LogP contribution is 2.27. The number of hydrogen-bond acceptors (Lipinski definition) is 2. The number of ketones is 1. The Balaban J connectivity index is 3.22. The number of carbonyl (C=O) groups excluding carboxylic acids is 1. The minimum Gasteiger partial charge on any atom is -0.297 e. The summed E-state index contributed by atoms with van der Waals surface area (Å²) in [4.78, 5) is 14.4. The largest absolute Gasteiger partial charge is 0.297 e. The van der Waals surface area contributed by atoms with Crippen molar-refractivity contribution >= 4 is 5.78 Å². The van der Waals surface area contributed by atoms with Gasteiger partial charge in [-0.15, -0.1) is 0 Å². The third kappa shape index (κ3) is 2.39. The molecule has 0 atom stereocenters. The van der Waals surface area contributed by atoms with Gasteiger partial charge in [-0.25, -0.2) is 4.39 Å². The molecule has 0 heterocycles. The van der Waals surface area contributed by atoms with Gasteiger partial charge in [0.05, 0.1) is 11.1 Å². The second-order valence-electron chi connectivity index (χ2n) is 4.44. The maximum absolute atomic E-state index is 13.7. The molecule has 0 spiro atoms. The van der Waals surface area contributed by atoms with E-state index in [0.29, 0.717) is 12.8 Å². The van der Waals surface area contributed by atoms with Gasteiger partial charge < -0.3 is 0 Å². The Bertz CT molecular complexity index is 397. The molecular formula is C14H20FNO. The number of hydrogen-bond donors (Lipinski definition) is 0. The minimum absolute atomic E-state index is 0.134. The number of benzene rings is 1. The molecule has 0 radical (unpaired) electrons. The summed E-state index contributed by atoms with van der Waals surface area (Å²) in [6.45, 7) is 3.92. The monoisotopic (exact) mass is 237 g/mol. The van der Waals surface area contributed by atoms with Crippen molar-refractivity contribution in [3.05, 3.63) is 35.6 Å². The average molecular weight is 237 g/mol. The molecule has 0 saturated carbocycles. The van der Waals surface area contributed by atoms with Crippen LogP contribution in [0.2, 0.25) is 0 Å². The highest BCUT2D eigenvalue weighted by Gasteiger charge is 2.38. The molecule has 3 heteroatoms. The van der Waals surface area contributed by atoms with E-state index < -0.39 is 11.4 Å². The van der Waals surface area contributed by atoms with Crippen LogP contribution in [-0.2, 0) is 0 Å². The summed E-state index contributed by atoms with van der Waals surface area (Å²) in [6.07, 6.45) is 1.34. The standard InChI is InChI=1S/C14H20FNO/c1-5-14(6-2,16(3)4)13(17)11-9-7-8-10-12(11)15/h7-10H,5-6H2,1-4H3. The van der Waals surface area contributed by atoms with E-state index in [4.69, 9.17) is 0 Å². The van der Waals surface area contributed by atoms with E-state index in [1.165, 1.54) is 6.07 Å². The molecule has 0 unspecified atom stereocenters. The Labute approximate surface area is 102 Å². The van der Waals surface area contributed by atoms with E-state index in [0.717, 1.165) is 0 Å². The summed E-state index contributed by atoms with van der Waals surface area (Å²) in [5.41, 5.74) is -0.424. The lowest BCUT2D eigenvalue weighted by atomic mass is 9.83. The molecule has 1 aromatic carbocycles. The summed E-state index contributed by atoms with van der Waals surface area (Å²) in [7, 11) is 3.73. The molecular weight excluding hydrogens is 217 g/mol. The summed E-state index contributed by atoms with van der Waals surface area (Å²) in [6, 6.07) is 6.18. The summed E-state index contributed by atoms with van der Waals surface area (Å²) < 4.78 is 13.7. The van der Waals surface area contributed by atoms with Crippen LogP contribution in [0.15, 0.2) is 24.3 Å². The van der Waals surface area contributed by atoms with Crippen LogP contribution in [0.4, 0.5) is 4.39 Å². The molecule has 0 amide bonds.